The highest BCUT2D eigenvalue weighted by Crippen LogP contribution is 2.25. The van der Waals surface area contributed by atoms with Crippen LogP contribution in [-0.4, -0.2) is 127 Å². The van der Waals surface area contributed by atoms with Crippen molar-refractivity contribution in [3.63, 3.8) is 0 Å². The van der Waals surface area contributed by atoms with Crippen LogP contribution < -0.4 is 27.0 Å². The number of carbonyl (C=O) groups excluding carboxylic acids is 3. The summed E-state index contributed by atoms with van der Waals surface area (Å²) in [5.74, 6) is -0.662. The molecule has 2 fully saturated rings. The van der Waals surface area contributed by atoms with Gasteiger partial charge in [0.05, 0.1) is 18.7 Å². The number of nitrogens with two attached hydrogens (primary N) is 1. The van der Waals surface area contributed by atoms with E-state index in [9.17, 15) is 29.7 Å². The summed E-state index contributed by atoms with van der Waals surface area (Å²) in [6.07, 6.45) is -7.27. The molecule has 3 amide bonds. The minimum atomic E-state index is -1.50. The fraction of sp³-hybridized carbons (Fsp3) is 0.765. The second-order valence-corrected chi connectivity index (χ2v) is 7.78. The number of guanidine groups is 1. The number of hydrogen-bond acceptors (Lipinski definition) is 12. The van der Waals surface area contributed by atoms with E-state index < -0.39 is 67.4 Å². The van der Waals surface area contributed by atoms with Crippen LogP contribution in [-0.2, 0) is 19.1 Å². The highest BCUT2D eigenvalue weighted by Gasteiger charge is 2.49. The number of likely N-dealkylation sites (N-methyl/N-ethyl adjacent to an activating group) is 2. The highest BCUT2D eigenvalue weighted by atomic mass is 16.6. The van der Waals surface area contributed by atoms with Crippen molar-refractivity contribution in [2.24, 2.45) is 10.7 Å². The molecule has 0 aromatic heterocycles. The first-order valence-electron chi connectivity index (χ1n) is 10.0. The van der Waals surface area contributed by atoms with E-state index in [0.29, 0.717) is 0 Å². The standard InChI is InChI=1S/C17H29N7O8/c1-19-4-8(26)24(2)11-13(28)12(27)7(5-31-16(18)30)32-15(11)23-17-21-9-6(25)3-20-14(29)10(9)22-17/h6-7,9-13,15,19,25,27-28H,3-5H2,1-2H3,(H2,18,30)(H,20,29)(H2,21,22,23)/t6-,7-,9-,10+,11-,12-,13-,15-/m1/s1. The van der Waals surface area contributed by atoms with Gasteiger partial charge in [0.25, 0.3) is 0 Å². The second-order valence-electron chi connectivity index (χ2n) is 7.78. The Morgan fingerprint density at radius 1 is 1.34 bits per heavy atom. The molecule has 0 unspecified atom stereocenters. The third-order valence-corrected chi connectivity index (χ3v) is 5.63. The summed E-state index contributed by atoms with van der Waals surface area (Å²) in [4.78, 5) is 40.9. The maximum Gasteiger partial charge on any atom is 0.404 e. The van der Waals surface area contributed by atoms with Crippen molar-refractivity contribution < 1.29 is 39.2 Å². The van der Waals surface area contributed by atoms with Gasteiger partial charge in [0, 0.05) is 13.6 Å². The quantitative estimate of drug-likeness (QED) is 0.187. The summed E-state index contributed by atoms with van der Waals surface area (Å²) in [5.41, 5.74) is 4.97. The van der Waals surface area contributed by atoms with Crippen LogP contribution in [0.15, 0.2) is 4.99 Å². The lowest BCUT2D eigenvalue weighted by molar-refractivity contribution is -0.215. The number of hydrogen-bond donors (Lipinski definition) is 8. The Labute approximate surface area is 183 Å². The lowest BCUT2D eigenvalue weighted by atomic mass is 9.94. The number of β-amino-alcohol motifs (C(OH)–C–C–N with tert-alkyl or cyclic N) is 1. The molecule has 0 saturated carbocycles. The van der Waals surface area contributed by atoms with Crippen molar-refractivity contribution in [1.82, 2.24) is 26.2 Å². The fourth-order valence-corrected chi connectivity index (χ4v) is 3.92. The first-order chi connectivity index (χ1) is 15.1. The van der Waals surface area contributed by atoms with E-state index in [0.717, 1.165) is 0 Å². The Morgan fingerprint density at radius 2 is 2.06 bits per heavy atom. The SMILES string of the molecule is CNCC(=O)N(C)[C@@H]1[C@@H](O)[C@H](O)[C@@H](COC(N)=O)O[C@H]1NC1=N[C@@H]2C(=O)NC[C@@H](O)[C@H]2N1. The fourth-order valence-electron chi connectivity index (χ4n) is 3.92. The van der Waals surface area contributed by atoms with E-state index in [1.165, 1.54) is 11.9 Å². The Kier molecular flexibility index (Phi) is 7.35. The largest absolute Gasteiger partial charge is 0.447 e. The maximum absolute atomic E-state index is 12.4. The van der Waals surface area contributed by atoms with Crippen LogP contribution in [0, 0.1) is 0 Å². The second kappa shape index (κ2) is 9.83. The minimum Gasteiger partial charge on any atom is -0.447 e. The molecule has 3 aliphatic heterocycles. The zero-order chi connectivity index (χ0) is 23.6. The molecular formula is C17H29N7O8. The van der Waals surface area contributed by atoms with Crippen LogP contribution in [0.1, 0.15) is 0 Å². The topological polar surface area (TPSA) is 220 Å². The smallest absolute Gasteiger partial charge is 0.404 e. The van der Waals surface area contributed by atoms with Crippen molar-refractivity contribution in [2.45, 2.75) is 48.8 Å². The van der Waals surface area contributed by atoms with Gasteiger partial charge in [-0.3, -0.25) is 9.59 Å². The lowest BCUT2D eigenvalue weighted by Gasteiger charge is -2.46. The highest BCUT2D eigenvalue weighted by molar-refractivity contribution is 5.92. The molecule has 0 bridgehead atoms. The number of rotatable bonds is 6. The van der Waals surface area contributed by atoms with Crippen LogP contribution in [0.5, 0.6) is 0 Å². The van der Waals surface area contributed by atoms with Crippen LogP contribution in [0.4, 0.5) is 4.79 Å². The predicted octanol–water partition coefficient (Wildman–Crippen LogP) is -5.65. The van der Waals surface area contributed by atoms with Crippen LogP contribution >= 0.6 is 0 Å². The van der Waals surface area contributed by atoms with Crippen molar-refractivity contribution in [3.8, 4) is 0 Å². The van der Waals surface area contributed by atoms with Gasteiger partial charge in [-0.2, -0.15) is 0 Å². The van der Waals surface area contributed by atoms with Crippen LogP contribution in [0.2, 0.25) is 0 Å². The summed E-state index contributed by atoms with van der Waals surface area (Å²) in [5, 5.41) is 42.4. The molecule has 15 nitrogen and oxygen atoms in total. The molecular weight excluding hydrogens is 430 g/mol. The van der Waals surface area contributed by atoms with Crippen LogP contribution in [0.25, 0.3) is 0 Å². The zero-order valence-corrected chi connectivity index (χ0v) is 17.6. The van der Waals surface area contributed by atoms with Gasteiger partial charge in [0.1, 0.15) is 31.0 Å². The monoisotopic (exact) mass is 459 g/mol. The Balaban J connectivity index is 1.82. The Hall–Kier alpha value is -2.72. The van der Waals surface area contributed by atoms with Crippen molar-refractivity contribution in [3.05, 3.63) is 0 Å². The summed E-state index contributed by atoms with van der Waals surface area (Å²) in [7, 11) is 3.01. The van der Waals surface area contributed by atoms with E-state index in [-0.39, 0.29) is 25.0 Å². The molecule has 0 radical (unpaired) electrons. The zero-order valence-electron chi connectivity index (χ0n) is 17.6. The summed E-state index contributed by atoms with van der Waals surface area (Å²) in [6.45, 7) is -0.414. The van der Waals surface area contributed by atoms with Gasteiger partial charge >= 0.3 is 6.09 Å². The third kappa shape index (κ3) is 4.86. The molecule has 0 aromatic rings. The minimum absolute atomic E-state index is 0.0353. The molecule has 180 valence electrons. The third-order valence-electron chi connectivity index (χ3n) is 5.63. The molecule has 0 spiro atoms. The van der Waals surface area contributed by atoms with E-state index in [1.807, 2.05) is 0 Å². The van der Waals surface area contributed by atoms with E-state index in [2.05, 4.69) is 26.3 Å². The number of amides is 3. The van der Waals surface area contributed by atoms with Crippen molar-refractivity contribution in [2.75, 3.05) is 33.8 Å². The van der Waals surface area contributed by atoms with E-state index >= 15 is 0 Å². The van der Waals surface area contributed by atoms with E-state index in [1.54, 1.807) is 7.05 Å². The molecule has 0 aromatic carbocycles. The lowest BCUT2D eigenvalue weighted by Crippen LogP contribution is -2.69. The van der Waals surface area contributed by atoms with Gasteiger partial charge < -0.3 is 56.7 Å². The number of primary amides is 1. The van der Waals surface area contributed by atoms with Gasteiger partial charge in [-0.25, -0.2) is 9.79 Å². The van der Waals surface area contributed by atoms with E-state index in [4.69, 9.17) is 15.2 Å². The molecule has 8 atom stereocenters. The van der Waals surface area contributed by atoms with Crippen LogP contribution in [0.3, 0.4) is 0 Å². The normalized spacial score (nSPS) is 36.3. The molecule has 32 heavy (non-hydrogen) atoms. The number of aliphatic hydroxyl groups is 3. The molecule has 9 N–H and O–H groups in total. The first-order valence-corrected chi connectivity index (χ1v) is 10.0. The molecule has 2 saturated heterocycles. The van der Waals surface area contributed by atoms with Crippen molar-refractivity contribution in [1.29, 1.82) is 0 Å². The predicted molar refractivity (Wildman–Crippen MR) is 107 cm³/mol. The average molecular weight is 459 g/mol. The number of piperidine rings is 1. The van der Waals surface area contributed by atoms with Gasteiger partial charge in [-0.15, -0.1) is 0 Å². The number of ether oxygens (including phenoxy) is 2. The Bertz CT molecular complexity index is 767. The molecule has 3 aliphatic rings. The number of aliphatic hydroxyl groups excluding tert-OH is 3. The maximum atomic E-state index is 12.4. The number of fused-ring (bicyclic) bond motifs is 1. The average Bonchev–Trinajstić information content (AvgIpc) is 3.17. The molecule has 0 aliphatic carbocycles. The summed E-state index contributed by atoms with van der Waals surface area (Å²) in [6, 6.07) is -2.63. The van der Waals surface area contributed by atoms with Crippen molar-refractivity contribution >= 4 is 23.9 Å². The number of nitrogens with one attached hydrogen (secondary N) is 4. The Morgan fingerprint density at radius 3 is 2.69 bits per heavy atom. The summed E-state index contributed by atoms with van der Waals surface area (Å²) >= 11 is 0. The van der Waals surface area contributed by atoms with Gasteiger partial charge in [0.15, 0.2) is 18.2 Å². The van der Waals surface area contributed by atoms with Gasteiger partial charge in [-0.1, -0.05) is 0 Å². The number of carbonyl (C=O) groups is 3. The van der Waals surface area contributed by atoms with Gasteiger partial charge in [-0.05, 0) is 7.05 Å². The molecule has 3 rings (SSSR count). The first kappa shape index (κ1) is 23.9. The number of nitrogens with zero attached hydrogens (tertiary/aromatic N) is 2. The number of aliphatic imine (C=N–C) groups is 1. The molecule has 3 heterocycles. The van der Waals surface area contributed by atoms with Gasteiger partial charge in [0.2, 0.25) is 11.8 Å². The summed E-state index contributed by atoms with van der Waals surface area (Å²) < 4.78 is 10.5. The molecule has 15 heteroatoms.